The van der Waals surface area contributed by atoms with Crippen LogP contribution in [0, 0.1) is 11.3 Å². The average Bonchev–Trinajstić information content (AvgIpc) is 2.26. The van der Waals surface area contributed by atoms with E-state index in [1.165, 1.54) is 0 Å². The molecule has 3 nitrogen and oxygen atoms in total. The number of fused-ring (bicyclic) bond motifs is 1. The van der Waals surface area contributed by atoms with Crippen LogP contribution in [0.15, 0.2) is 36.5 Å². The number of rotatable bonds is 2. The number of benzene rings is 1. The van der Waals surface area contributed by atoms with Crippen LogP contribution in [-0.2, 0) is 0 Å². The van der Waals surface area contributed by atoms with Gasteiger partial charge >= 0.3 is 0 Å². The van der Waals surface area contributed by atoms with E-state index in [0.29, 0.717) is 5.75 Å². The highest BCUT2D eigenvalue weighted by atomic mass is 16.5. The molecule has 0 N–H and O–H groups in total. The summed E-state index contributed by atoms with van der Waals surface area (Å²) in [6.07, 6.45) is 1.75. The highest BCUT2D eigenvalue weighted by molar-refractivity contribution is 5.79. The number of hydrogen-bond donors (Lipinski definition) is 0. The molecule has 0 aliphatic carbocycles. The van der Waals surface area contributed by atoms with Gasteiger partial charge in [0.25, 0.3) is 0 Å². The summed E-state index contributed by atoms with van der Waals surface area (Å²) in [4.78, 5) is 4.18. The Bertz CT molecular complexity index is 488. The zero-order valence-electron chi connectivity index (χ0n) is 7.47. The van der Waals surface area contributed by atoms with Gasteiger partial charge in [-0.3, -0.25) is 4.98 Å². The fourth-order valence-corrected chi connectivity index (χ4v) is 1.26. The van der Waals surface area contributed by atoms with Crippen molar-refractivity contribution in [1.82, 2.24) is 4.98 Å². The number of nitriles is 1. The molecule has 2 rings (SSSR count). The van der Waals surface area contributed by atoms with Gasteiger partial charge in [0.2, 0.25) is 0 Å². The topological polar surface area (TPSA) is 45.9 Å². The molecule has 0 unspecified atom stereocenters. The molecule has 14 heavy (non-hydrogen) atoms. The van der Waals surface area contributed by atoms with Crippen LogP contribution in [0.25, 0.3) is 10.9 Å². The minimum Gasteiger partial charge on any atom is -0.479 e. The van der Waals surface area contributed by atoms with Crippen LogP contribution < -0.4 is 4.74 Å². The maximum absolute atomic E-state index is 8.35. The molecule has 0 bridgehead atoms. The monoisotopic (exact) mass is 184 g/mol. The standard InChI is InChI=1S/C11H8N2O/c12-5-7-14-10-3-4-11-9(8-10)2-1-6-13-11/h1-4,6,8H,7H2. The predicted molar refractivity (Wildman–Crippen MR) is 52.9 cm³/mol. The second kappa shape index (κ2) is 3.75. The maximum atomic E-state index is 8.35. The minimum absolute atomic E-state index is 0.0752. The smallest absolute Gasteiger partial charge is 0.174 e. The largest absolute Gasteiger partial charge is 0.479 e. The van der Waals surface area contributed by atoms with Crippen molar-refractivity contribution in [2.75, 3.05) is 6.61 Å². The van der Waals surface area contributed by atoms with E-state index in [1.54, 1.807) is 6.20 Å². The quantitative estimate of drug-likeness (QED) is 0.718. The molecule has 3 heteroatoms. The Morgan fingerprint density at radius 1 is 1.36 bits per heavy atom. The van der Waals surface area contributed by atoms with E-state index in [2.05, 4.69) is 4.98 Å². The normalized spacial score (nSPS) is 9.64. The van der Waals surface area contributed by atoms with Crippen LogP contribution in [0.1, 0.15) is 0 Å². The van der Waals surface area contributed by atoms with Gasteiger partial charge in [0.15, 0.2) is 6.61 Å². The van der Waals surface area contributed by atoms with Crippen molar-refractivity contribution in [2.24, 2.45) is 0 Å². The molecule has 0 saturated heterocycles. The van der Waals surface area contributed by atoms with Crippen molar-refractivity contribution >= 4 is 10.9 Å². The molecule has 0 spiro atoms. The predicted octanol–water partition coefficient (Wildman–Crippen LogP) is 2.14. The first-order valence-corrected chi connectivity index (χ1v) is 4.25. The van der Waals surface area contributed by atoms with E-state index < -0.39 is 0 Å². The minimum atomic E-state index is 0.0752. The van der Waals surface area contributed by atoms with Crippen molar-refractivity contribution < 1.29 is 4.74 Å². The fourth-order valence-electron chi connectivity index (χ4n) is 1.26. The highest BCUT2D eigenvalue weighted by Crippen LogP contribution is 2.18. The van der Waals surface area contributed by atoms with Gasteiger partial charge in [-0.25, -0.2) is 0 Å². The third-order valence-corrected chi connectivity index (χ3v) is 1.88. The molecule has 1 heterocycles. The molecular formula is C11H8N2O. The second-order valence-corrected chi connectivity index (χ2v) is 2.80. The molecule has 2 aromatic rings. The zero-order chi connectivity index (χ0) is 9.80. The lowest BCUT2D eigenvalue weighted by molar-refractivity contribution is 0.368. The molecule has 0 aliphatic rings. The summed E-state index contributed by atoms with van der Waals surface area (Å²) in [5, 5.41) is 9.37. The van der Waals surface area contributed by atoms with E-state index in [4.69, 9.17) is 10.00 Å². The van der Waals surface area contributed by atoms with E-state index in [9.17, 15) is 0 Å². The molecule has 1 aromatic heterocycles. The highest BCUT2D eigenvalue weighted by Gasteiger charge is 1.96. The van der Waals surface area contributed by atoms with Gasteiger partial charge < -0.3 is 4.74 Å². The molecule has 0 radical (unpaired) electrons. The molecule has 1 aromatic carbocycles. The lowest BCUT2D eigenvalue weighted by Gasteiger charge is -2.02. The van der Waals surface area contributed by atoms with Crippen molar-refractivity contribution in [3.63, 3.8) is 0 Å². The Morgan fingerprint density at radius 2 is 2.29 bits per heavy atom. The molecule has 0 fully saturated rings. The van der Waals surface area contributed by atoms with Gasteiger partial charge in [-0.15, -0.1) is 0 Å². The van der Waals surface area contributed by atoms with Crippen molar-refractivity contribution in [3.05, 3.63) is 36.5 Å². The van der Waals surface area contributed by atoms with Crippen LogP contribution in [0.4, 0.5) is 0 Å². The summed E-state index contributed by atoms with van der Waals surface area (Å²) in [7, 11) is 0. The lowest BCUT2D eigenvalue weighted by atomic mass is 10.2. The fraction of sp³-hybridized carbons (Fsp3) is 0.0909. The summed E-state index contributed by atoms with van der Waals surface area (Å²) >= 11 is 0. The summed E-state index contributed by atoms with van der Waals surface area (Å²) in [5.41, 5.74) is 0.928. The molecule has 0 atom stereocenters. The SMILES string of the molecule is N#CCOc1ccc2ncccc2c1. The number of pyridine rings is 1. The Hall–Kier alpha value is -2.08. The van der Waals surface area contributed by atoms with Crippen LogP contribution >= 0.6 is 0 Å². The Morgan fingerprint density at radius 3 is 3.14 bits per heavy atom. The molecule has 68 valence electrons. The van der Waals surface area contributed by atoms with Gasteiger partial charge in [-0.05, 0) is 24.3 Å². The first-order valence-electron chi connectivity index (χ1n) is 4.25. The van der Waals surface area contributed by atoms with Crippen molar-refractivity contribution in [1.29, 1.82) is 5.26 Å². The summed E-state index contributed by atoms with van der Waals surface area (Å²) in [5.74, 6) is 0.701. The van der Waals surface area contributed by atoms with Crippen LogP contribution in [0.2, 0.25) is 0 Å². The van der Waals surface area contributed by atoms with Gasteiger partial charge in [-0.1, -0.05) is 6.07 Å². The van der Waals surface area contributed by atoms with Gasteiger partial charge in [0, 0.05) is 11.6 Å². The summed E-state index contributed by atoms with van der Waals surface area (Å²) in [6, 6.07) is 11.3. The first-order chi connectivity index (χ1) is 6.90. The Kier molecular flexibility index (Phi) is 2.28. The zero-order valence-corrected chi connectivity index (χ0v) is 7.47. The van der Waals surface area contributed by atoms with E-state index in [1.807, 2.05) is 36.4 Å². The first kappa shape index (κ1) is 8.52. The maximum Gasteiger partial charge on any atom is 0.174 e. The number of ether oxygens (including phenoxy) is 1. The van der Waals surface area contributed by atoms with Crippen LogP contribution in [0.5, 0.6) is 5.75 Å². The number of nitrogens with zero attached hydrogens (tertiary/aromatic N) is 2. The van der Waals surface area contributed by atoms with E-state index in [-0.39, 0.29) is 6.61 Å². The van der Waals surface area contributed by atoms with E-state index >= 15 is 0 Å². The van der Waals surface area contributed by atoms with Crippen LogP contribution in [-0.4, -0.2) is 11.6 Å². The summed E-state index contributed by atoms with van der Waals surface area (Å²) < 4.78 is 5.17. The van der Waals surface area contributed by atoms with Crippen molar-refractivity contribution in [2.45, 2.75) is 0 Å². The molecule has 0 amide bonds. The number of hydrogen-bond acceptors (Lipinski definition) is 3. The third kappa shape index (κ3) is 1.64. The summed E-state index contributed by atoms with van der Waals surface area (Å²) in [6.45, 7) is 0.0752. The van der Waals surface area contributed by atoms with Gasteiger partial charge in [0.05, 0.1) is 5.52 Å². The van der Waals surface area contributed by atoms with Crippen LogP contribution in [0.3, 0.4) is 0 Å². The Balaban J connectivity index is 2.37. The third-order valence-electron chi connectivity index (χ3n) is 1.88. The van der Waals surface area contributed by atoms with E-state index in [0.717, 1.165) is 10.9 Å². The Labute approximate surface area is 81.6 Å². The van der Waals surface area contributed by atoms with Crippen molar-refractivity contribution in [3.8, 4) is 11.8 Å². The molecular weight excluding hydrogens is 176 g/mol. The second-order valence-electron chi connectivity index (χ2n) is 2.80. The average molecular weight is 184 g/mol. The van der Waals surface area contributed by atoms with Gasteiger partial charge in [0.1, 0.15) is 11.8 Å². The number of aromatic nitrogens is 1. The molecule has 0 aliphatic heterocycles. The van der Waals surface area contributed by atoms with Gasteiger partial charge in [-0.2, -0.15) is 5.26 Å². The lowest BCUT2D eigenvalue weighted by Crippen LogP contribution is -1.92. The molecule has 0 saturated carbocycles.